The maximum Gasteiger partial charge on any atom is 0.165 e. The van der Waals surface area contributed by atoms with E-state index in [0.717, 1.165) is 25.1 Å². The summed E-state index contributed by atoms with van der Waals surface area (Å²) in [5, 5.41) is 10.3. The predicted octanol–water partition coefficient (Wildman–Crippen LogP) is 2.87. The van der Waals surface area contributed by atoms with Crippen molar-refractivity contribution in [3.05, 3.63) is 35.4 Å². The van der Waals surface area contributed by atoms with Gasteiger partial charge in [-0.3, -0.25) is 0 Å². The minimum absolute atomic E-state index is 0.117. The highest BCUT2D eigenvalue weighted by Gasteiger charge is 2.66. The molecule has 1 aliphatic heterocycles. The largest absolute Gasteiger partial charge is 0.504 e. The summed E-state index contributed by atoms with van der Waals surface area (Å²) >= 11 is 0. The Balaban J connectivity index is 1.76. The van der Waals surface area contributed by atoms with Crippen LogP contribution >= 0.6 is 0 Å². The van der Waals surface area contributed by atoms with Gasteiger partial charge in [-0.1, -0.05) is 18.2 Å². The fourth-order valence-electron chi connectivity index (χ4n) is 6.15. The van der Waals surface area contributed by atoms with Gasteiger partial charge in [-0.25, -0.2) is 0 Å². The van der Waals surface area contributed by atoms with Crippen LogP contribution in [0.4, 0.5) is 0 Å². The van der Waals surface area contributed by atoms with E-state index in [2.05, 4.69) is 37.2 Å². The van der Waals surface area contributed by atoms with Crippen molar-refractivity contribution >= 4 is 0 Å². The van der Waals surface area contributed by atoms with E-state index in [-0.39, 0.29) is 11.5 Å². The van der Waals surface area contributed by atoms with Crippen LogP contribution in [-0.4, -0.2) is 36.8 Å². The number of rotatable bonds is 2. The second-order valence-corrected chi connectivity index (χ2v) is 8.16. The van der Waals surface area contributed by atoms with Crippen LogP contribution in [0.1, 0.15) is 30.4 Å². The quantitative estimate of drug-likeness (QED) is 0.852. The van der Waals surface area contributed by atoms with Crippen LogP contribution in [0.15, 0.2) is 24.3 Å². The second-order valence-electron chi connectivity index (χ2n) is 8.16. The number of aromatic hydroxyl groups is 1. The van der Waals surface area contributed by atoms with Gasteiger partial charge in [0.15, 0.2) is 11.5 Å². The molecule has 4 atom stereocenters. The summed E-state index contributed by atoms with van der Waals surface area (Å²) in [6.07, 6.45) is 9.50. The summed E-state index contributed by atoms with van der Waals surface area (Å²) in [6, 6.07) is 3.98. The van der Waals surface area contributed by atoms with Gasteiger partial charge in [0.2, 0.25) is 0 Å². The molecule has 116 valence electrons. The number of phenols is 1. The van der Waals surface area contributed by atoms with E-state index in [0.29, 0.717) is 17.1 Å². The van der Waals surface area contributed by atoms with E-state index < -0.39 is 0 Å². The Hall–Kier alpha value is -1.48. The van der Waals surface area contributed by atoms with E-state index in [9.17, 15) is 5.11 Å². The Bertz CT molecular complexity index is 695. The van der Waals surface area contributed by atoms with Crippen molar-refractivity contribution in [3.63, 3.8) is 0 Å². The number of fused-ring (bicyclic) bond motifs is 1. The first-order valence-corrected chi connectivity index (χ1v) is 8.37. The topological polar surface area (TPSA) is 32.7 Å². The summed E-state index contributed by atoms with van der Waals surface area (Å²) < 4.78 is 6.29. The van der Waals surface area contributed by atoms with Crippen LogP contribution in [0.2, 0.25) is 0 Å². The van der Waals surface area contributed by atoms with Crippen LogP contribution < -0.4 is 4.74 Å². The summed E-state index contributed by atoms with van der Waals surface area (Å²) in [7, 11) is 4.37. The van der Waals surface area contributed by atoms with E-state index >= 15 is 0 Å². The minimum atomic E-state index is 0.117. The molecule has 1 spiro atoms. The number of ether oxygens (including phenoxy) is 1. The SMILES string of the molecule is CN(C)C[C@]12Cc3ccc(O)c4c3C3(C1)C(C=CC[C@@H]3O4)C2. The molecule has 22 heavy (non-hydrogen) atoms. The Morgan fingerprint density at radius 3 is 3.05 bits per heavy atom. The summed E-state index contributed by atoms with van der Waals surface area (Å²) in [5.41, 5.74) is 3.24. The summed E-state index contributed by atoms with van der Waals surface area (Å²) in [6.45, 7) is 1.14. The highest BCUT2D eigenvalue weighted by atomic mass is 16.5. The Morgan fingerprint density at radius 1 is 1.36 bits per heavy atom. The first-order chi connectivity index (χ1) is 10.5. The fraction of sp³-hybridized carbons (Fsp3) is 0.579. The zero-order chi connectivity index (χ0) is 15.1. The van der Waals surface area contributed by atoms with Crippen LogP contribution in [0, 0.1) is 11.3 Å². The van der Waals surface area contributed by atoms with E-state index in [1.54, 1.807) is 0 Å². The lowest BCUT2D eigenvalue weighted by molar-refractivity contribution is 0.103. The smallest absolute Gasteiger partial charge is 0.165 e. The van der Waals surface area contributed by atoms with Crippen molar-refractivity contribution < 1.29 is 9.84 Å². The van der Waals surface area contributed by atoms with Gasteiger partial charge in [0.25, 0.3) is 0 Å². The molecule has 0 aromatic heterocycles. The second kappa shape index (κ2) is 3.88. The normalized spacial score (nSPS) is 40.0. The molecule has 1 heterocycles. The maximum absolute atomic E-state index is 10.3. The Labute approximate surface area is 131 Å². The molecule has 1 fully saturated rings. The predicted molar refractivity (Wildman–Crippen MR) is 85.4 cm³/mol. The number of nitrogens with zero attached hydrogens (tertiary/aromatic N) is 1. The number of hydrogen-bond acceptors (Lipinski definition) is 3. The third kappa shape index (κ3) is 1.37. The van der Waals surface area contributed by atoms with Crippen molar-refractivity contribution in [3.8, 4) is 11.5 Å². The molecule has 1 aromatic carbocycles. The van der Waals surface area contributed by atoms with Crippen LogP contribution in [-0.2, 0) is 11.8 Å². The highest BCUT2D eigenvalue weighted by Crippen LogP contribution is 2.69. The fourth-order valence-corrected chi connectivity index (χ4v) is 6.15. The van der Waals surface area contributed by atoms with Gasteiger partial charge in [-0.2, -0.15) is 0 Å². The van der Waals surface area contributed by atoms with Gasteiger partial charge in [0.1, 0.15) is 6.10 Å². The van der Waals surface area contributed by atoms with Gasteiger partial charge in [0.05, 0.1) is 0 Å². The van der Waals surface area contributed by atoms with E-state index in [1.807, 2.05) is 6.07 Å². The van der Waals surface area contributed by atoms with Crippen molar-refractivity contribution in [1.82, 2.24) is 4.90 Å². The first-order valence-electron chi connectivity index (χ1n) is 8.37. The maximum atomic E-state index is 10.3. The molecule has 0 amide bonds. The molecule has 2 bridgehead atoms. The third-order valence-electron chi connectivity index (χ3n) is 6.44. The van der Waals surface area contributed by atoms with Crippen LogP contribution in [0.3, 0.4) is 0 Å². The van der Waals surface area contributed by atoms with Crippen molar-refractivity contribution in [2.24, 2.45) is 11.3 Å². The first kappa shape index (κ1) is 13.0. The van der Waals surface area contributed by atoms with Crippen molar-refractivity contribution in [2.75, 3.05) is 20.6 Å². The zero-order valence-corrected chi connectivity index (χ0v) is 13.3. The molecule has 3 heteroatoms. The average Bonchev–Trinajstić information content (AvgIpc) is 2.91. The van der Waals surface area contributed by atoms with Gasteiger partial charge in [-0.15, -0.1) is 0 Å². The van der Waals surface area contributed by atoms with Gasteiger partial charge < -0.3 is 14.7 Å². The lowest BCUT2D eigenvalue weighted by Crippen LogP contribution is -2.46. The van der Waals surface area contributed by atoms with Crippen molar-refractivity contribution in [1.29, 1.82) is 0 Å². The lowest BCUT2D eigenvalue weighted by atomic mass is 9.61. The van der Waals surface area contributed by atoms with Gasteiger partial charge >= 0.3 is 0 Å². The third-order valence-corrected chi connectivity index (χ3v) is 6.44. The molecule has 3 aliphatic carbocycles. The minimum Gasteiger partial charge on any atom is -0.504 e. The molecular weight excluding hydrogens is 274 g/mol. The summed E-state index contributed by atoms with van der Waals surface area (Å²) in [4.78, 5) is 2.34. The standard InChI is InChI=1S/C19H23NO2/c1-20(2)11-18-8-12-6-7-14(21)17-16(12)19(10-18)13(9-18)4-3-5-15(19)22-17/h3-4,6-7,13,15,21H,5,8-11H2,1-2H3/t13?,15-,18-,19?/m0/s1. The number of allylic oxidation sites excluding steroid dienone is 1. The molecule has 4 aliphatic rings. The van der Waals surface area contributed by atoms with Gasteiger partial charge in [0, 0.05) is 23.9 Å². The molecule has 0 radical (unpaired) electrons. The molecule has 1 N–H and O–H groups in total. The Morgan fingerprint density at radius 2 is 2.23 bits per heavy atom. The molecule has 1 aromatic rings. The van der Waals surface area contributed by atoms with Crippen LogP contribution in [0.5, 0.6) is 11.5 Å². The zero-order valence-electron chi connectivity index (χ0n) is 13.3. The number of hydrogen-bond donors (Lipinski definition) is 1. The number of phenolic OH excluding ortho intramolecular Hbond substituents is 1. The number of benzene rings is 1. The van der Waals surface area contributed by atoms with E-state index in [1.165, 1.54) is 24.0 Å². The molecule has 3 nitrogen and oxygen atoms in total. The molecular formula is C19H23NO2. The van der Waals surface area contributed by atoms with Crippen LogP contribution in [0.25, 0.3) is 0 Å². The van der Waals surface area contributed by atoms with E-state index in [4.69, 9.17) is 4.74 Å². The average molecular weight is 297 g/mol. The van der Waals surface area contributed by atoms with Gasteiger partial charge in [-0.05, 0) is 56.3 Å². The molecule has 1 saturated carbocycles. The monoisotopic (exact) mass is 297 g/mol. The lowest BCUT2D eigenvalue weighted by Gasteiger charge is -2.43. The molecule has 0 saturated heterocycles. The molecule has 5 rings (SSSR count). The molecule has 2 unspecified atom stereocenters. The van der Waals surface area contributed by atoms with Crippen molar-refractivity contribution in [2.45, 2.75) is 37.2 Å². The highest BCUT2D eigenvalue weighted by molar-refractivity contribution is 5.61. The Kier molecular flexibility index (Phi) is 2.30. The summed E-state index contributed by atoms with van der Waals surface area (Å²) in [5.74, 6) is 1.68.